The first-order chi connectivity index (χ1) is 28.7. The summed E-state index contributed by atoms with van der Waals surface area (Å²) in [5.74, 6) is 0.802. The Morgan fingerprint density at radius 3 is 2.32 bits per heavy atom. The number of nitriles is 1. The maximum atomic E-state index is 14.3. The lowest BCUT2D eigenvalue weighted by Gasteiger charge is -2.65. The number of carbonyl (C=O) groups excluding carboxylic acids is 3. The van der Waals surface area contributed by atoms with E-state index in [1.54, 1.807) is 36.5 Å². The lowest BCUT2D eigenvalue weighted by atomic mass is 9.48. The van der Waals surface area contributed by atoms with Crippen LogP contribution in [0.2, 0.25) is 5.02 Å². The van der Waals surface area contributed by atoms with Crippen molar-refractivity contribution in [3.05, 3.63) is 81.2 Å². The molecule has 0 spiro atoms. The fraction of sp³-hybridized carbons (Fsp3) is 0.500. The zero-order chi connectivity index (χ0) is 42.5. The molecule has 2 N–H and O–H groups in total. The number of halogens is 1. The number of rotatable bonds is 10. The highest BCUT2D eigenvalue weighted by atomic mass is 35.5. The molecule has 5 heterocycles. The number of ether oxygens (including phenoxy) is 1. The zero-order valence-electron chi connectivity index (χ0n) is 34.5. The van der Waals surface area contributed by atoms with E-state index in [0.29, 0.717) is 33.7 Å². The van der Waals surface area contributed by atoms with Crippen LogP contribution in [0.4, 0.5) is 11.5 Å². The lowest BCUT2D eigenvalue weighted by molar-refractivity contribution is -0.216. The molecular weight excluding hydrogens is 784 g/mol. The predicted molar refractivity (Wildman–Crippen MR) is 227 cm³/mol. The molecule has 60 heavy (non-hydrogen) atoms. The lowest BCUT2D eigenvalue weighted by Crippen LogP contribution is -2.77. The molecule has 1 atom stereocenters. The van der Waals surface area contributed by atoms with E-state index in [1.807, 2.05) is 52.0 Å². The highest BCUT2D eigenvalue weighted by Gasteiger charge is 2.68. The molecule has 3 amide bonds. The Morgan fingerprint density at radius 1 is 0.933 bits per heavy atom. The van der Waals surface area contributed by atoms with Gasteiger partial charge in [0.25, 0.3) is 11.5 Å². The van der Waals surface area contributed by atoms with Gasteiger partial charge in [-0.1, -0.05) is 44.5 Å². The van der Waals surface area contributed by atoms with Crippen LogP contribution < -0.4 is 25.8 Å². The van der Waals surface area contributed by atoms with Crippen molar-refractivity contribution in [2.24, 2.45) is 22.5 Å². The summed E-state index contributed by atoms with van der Waals surface area (Å²) in [6, 6.07) is 14.7. The SMILES string of the molecule is CC1(C)C(Oc2ccc(C#N)c(Cl)c2)C(C)(C)C1N1C(=O)CCC(n2nnc3cc(N4CCN(CCC5CCN(c6ccc(C(N)=O)cn6)CC5)CC4)ccc3c2=O)C1=O. The van der Waals surface area contributed by atoms with Gasteiger partial charge in [0.05, 0.1) is 27.6 Å². The molecule has 1 aliphatic carbocycles. The second-order valence-corrected chi connectivity index (χ2v) is 18.2. The van der Waals surface area contributed by atoms with E-state index in [2.05, 4.69) is 30.0 Å². The molecule has 1 saturated carbocycles. The van der Waals surface area contributed by atoms with Crippen LogP contribution in [0.1, 0.15) is 81.8 Å². The summed E-state index contributed by atoms with van der Waals surface area (Å²) in [6.45, 7) is 14.4. The molecule has 2 aromatic carbocycles. The molecule has 4 fully saturated rings. The van der Waals surface area contributed by atoms with Crippen LogP contribution >= 0.6 is 11.6 Å². The van der Waals surface area contributed by atoms with Crippen LogP contribution in [-0.4, -0.2) is 105 Å². The van der Waals surface area contributed by atoms with Crippen LogP contribution in [0.15, 0.2) is 59.5 Å². The Bertz CT molecular complexity index is 2400. The number of imide groups is 1. The summed E-state index contributed by atoms with van der Waals surface area (Å²) in [5, 5.41) is 18.7. The van der Waals surface area contributed by atoms with Crippen molar-refractivity contribution >= 4 is 51.7 Å². The number of piperidine rings is 2. The summed E-state index contributed by atoms with van der Waals surface area (Å²) in [5.41, 5.74) is 5.83. The van der Waals surface area contributed by atoms with Crippen molar-refractivity contribution in [2.45, 2.75) is 78.0 Å². The largest absolute Gasteiger partial charge is 0.489 e. The molecule has 8 rings (SSSR count). The third kappa shape index (κ3) is 7.55. The number of nitrogens with zero attached hydrogens (tertiary/aromatic N) is 9. The number of hydrogen-bond acceptors (Lipinski definition) is 12. The molecular formula is C44H51ClN10O5. The number of aromatic nitrogens is 4. The minimum atomic E-state index is -0.977. The summed E-state index contributed by atoms with van der Waals surface area (Å²) in [7, 11) is 0. The van der Waals surface area contributed by atoms with Gasteiger partial charge in [0, 0.05) is 74.5 Å². The number of likely N-dealkylation sites (tertiary alicyclic amines) is 1. The van der Waals surface area contributed by atoms with Crippen LogP contribution in [-0.2, 0) is 9.59 Å². The minimum absolute atomic E-state index is 0.0829. The number of piperazine rings is 1. The first kappa shape index (κ1) is 41.2. The van der Waals surface area contributed by atoms with Gasteiger partial charge in [-0.15, -0.1) is 5.10 Å². The third-order valence-corrected chi connectivity index (χ3v) is 13.6. The number of anilines is 2. The first-order valence-electron chi connectivity index (χ1n) is 20.8. The summed E-state index contributed by atoms with van der Waals surface area (Å²) >= 11 is 6.28. The van der Waals surface area contributed by atoms with E-state index in [1.165, 1.54) is 4.90 Å². The number of amides is 3. The topological polar surface area (TPSA) is 184 Å². The number of pyridine rings is 1. The van der Waals surface area contributed by atoms with Crippen molar-refractivity contribution in [3.8, 4) is 11.8 Å². The van der Waals surface area contributed by atoms with Gasteiger partial charge in [-0.3, -0.25) is 29.0 Å². The molecule has 3 saturated heterocycles. The first-order valence-corrected chi connectivity index (χ1v) is 21.1. The molecule has 0 bridgehead atoms. The van der Waals surface area contributed by atoms with Crippen molar-refractivity contribution in [3.63, 3.8) is 0 Å². The number of benzene rings is 2. The molecule has 4 aliphatic rings. The van der Waals surface area contributed by atoms with Crippen LogP contribution in [0.5, 0.6) is 5.75 Å². The maximum Gasteiger partial charge on any atom is 0.278 e. The zero-order valence-corrected chi connectivity index (χ0v) is 35.3. The number of hydrogen-bond donors (Lipinski definition) is 1. The molecule has 0 radical (unpaired) electrons. The third-order valence-electron chi connectivity index (χ3n) is 13.3. The summed E-state index contributed by atoms with van der Waals surface area (Å²) < 4.78 is 7.56. The van der Waals surface area contributed by atoms with E-state index < -0.39 is 46.4 Å². The Hall–Kier alpha value is -5.59. The average Bonchev–Trinajstić information content (AvgIpc) is 3.24. The van der Waals surface area contributed by atoms with E-state index >= 15 is 0 Å². The smallest absolute Gasteiger partial charge is 0.278 e. The molecule has 3 aliphatic heterocycles. The van der Waals surface area contributed by atoms with Crippen LogP contribution in [0.25, 0.3) is 10.9 Å². The average molecular weight is 835 g/mol. The summed E-state index contributed by atoms with van der Waals surface area (Å²) in [4.78, 5) is 66.1. The van der Waals surface area contributed by atoms with E-state index in [-0.39, 0.29) is 23.8 Å². The Morgan fingerprint density at radius 2 is 1.67 bits per heavy atom. The highest BCUT2D eigenvalue weighted by molar-refractivity contribution is 6.31. The number of primary amides is 1. The molecule has 4 aromatic rings. The van der Waals surface area contributed by atoms with Gasteiger partial charge in [-0.25, -0.2) is 4.98 Å². The van der Waals surface area contributed by atoms with Crippen LogP contribution in [0, 0.1) is 28.1 Å². The van der Waals surface area contributed by atoms with Crippen molar-refractivity contribution in [1.82, 2.24) is 29.8 Å². The maximum absolute atomic E-state index is 14.3. The summed E-state index contributed by atoms with van der Waals surface area (Å²) in [6.07, 6.45) is 4.75. The molecule has 15 nitrogen and oxygen atoms in total. The van der Waals surface area contributed by atoms with Gasteiger partial charge in [0.15, 0.2) is 0 Å². The van der Waals surface area contributed by atoms with Crippen molar-refractivity contribution in [1.29, 1.82) is 5.26 Å². The van der Waals surface area contributed by atoms with Gasteiger partial charge >= 0.3 is 0 Å². The van der Waals surface area contributed by atoms with Crippen molar-refractivity contribution in [2.75, 3.05) is 55.6 Å². The fourth-order valence-electron chi connectivity index (χ4n) is 10.4. The monoisotopic (exact) mass is 834 g/mol. The Labute approximate surface area is 354 Å². The van der Waals surface area contributed by atoms with E-state index in [9.17, 15) is 24.4 Å². The van der Waals surface area contributed by atoms with E-state index in [0.717, 1.165) is 81.3 Å². The Kier molecular flexibility index (Phi) is 11.1. The number of nitrogens with two attached hydrogens (primary N) is 1. The number of carbonyl (C=O) groups is 3. The molecule has 2 aromatic heterocycles. The Balaban J connectivity index is 0.873. The quantitative estimate of drug-likeness (QED) is 0.216. The molecule has 1 unspecified atom stereocenters. The van der Waals surface area contributed by atoms with Gasteiger partial charge < -0.3 is 20.3 Å². The van der Waals surface area contributed by atoms with E-state index in [4.69, 9.17) is 22.1 Å². The van der Waals surface area contributed by atoms with Crippen LogP contribution in [0.3, 0.4) is 0 Å². The predicted octanol–water partition coefficient (Wildman–Crippen LogP) is 4.81. The second kappa shape index (κ2) is 16.1. The van der Waals surface area contributed by atoms with Gasteiger partial charge in [-0.05, 0) is 80.6 Å². The second-order valence-electron chi connectivity index (χ2n) is 17.8. The van der Waals surface area contributed by atoms with Crippen molar-refractivity contribution < 1.29 is 19.1 Å². The number of fused-ring (bicyclic) bond motifs is 1. The minimum Gasteiger partial charge on any atom is -0.489 e. The van der Waals surface area contributed by atoms with Gasteiger partial charge in [0.1, 0.15) is 35.3 Å². The normalized spacial score (nSPS) is 23.3. The molecule has 16 heteroatoms. The van der Waals surface area contributed by atoms with Gasteiger partial charge in [0.2, 0.25) is 11.8 Å². The standard InChI is InChI=1S/C44H51ClN10O5/c1-43(2)41(44(3,4)42(43)60-31-8-5-28(25-46)33(45)24-31)54-37(56)12-10-35(40(54)59)55-39(58)32-9-7-30(23-34(32)49-50-55)52-21-19-51(20-22-52)16-13-27-14-17-53(18-15-27)36-11-6-29(26-48-36)38(47)57/h5-9,11,23-24,26-27,35,41-42H,10,12-22H2,1-4H3,(H2,47,57). The highest BCUT2D eigenvalue weighted by Crippen LogP contribution is 2.59. The fourth-order valence-corrected chi connectivity index (χ4v) is 10.6. The van der Waals surface area contributed by atoms with Gasteiger partial charge in [-0.2, -0.15) is 9.94 Å². The molecule has 314 valence electrons.